The molecule has 2 amide bonds. The first-order chi connectivity index (χ1) is 23.1. The maximum atomic E-state index is 14.2. The zero-order valence-corrected chi connectivity index (χ0v) is 25.7. The van der Waals surface area contributed by atoms with Crippen molar-refractivity contribution < 1.29 is 40.3 Å². The lowest BCUT2D eigenvalue weighted by atomic mass is 9.84. The smallest absolute Gasteiger partial charge is 0.369 e. The van der Waals surface area contributed by atoms with Gasteiger partial charge in [-0.25, -0.2) is 19.4 Å². The van der Waals surface area contributed by atoms with Crippen LogP contribution in [0.5, 0.6) is 0 Å². The number of benzene rings is 2. The molecule has 0 aliphatic carbocycles. The van der Waals surface area contributed by atoms with E-state index in [1.165, 1.54) is 29.4 Å². The Morgan fingerprint density at radius 2 is 1.78 bits per heavy atom. The second-order valence-corrected chi connectivity index (χ2v) is 11.8. The number of nitrogens with one attached hydrogen (secondary N) is 1. The highest BCUT2D eigenvalue weighted by Crippen LogP contribution is 2.40. The summed E-state index contributed by atoms with van der Waals surface area (Å²) in [6.45, 7) is 1.17. The van der Waals surface area contributed by atoms with Gasteiger partial charge in [-0.1, -0.05) is 18.2 Å². The van der Waals surface area contributed by atoms with Gasteiger partial charge in [0, 0.05) is 30.4 Å². The van der Waals surface area contributed by atoms with E-state index in [0.717, 1.165) is 35.2 Å². The van der Waals surface area contributed by atoms with Crippen LogP contribution in [0, 0.1) is 12.7 Å². The highest BCUT2D eigenvalue weighted by molar-refractivity contribution is 6.07. The molecule has 0 saturated carbocycles. The van der Waals surface area contributed by atoms with Gasteiger partial charge in [0.15, 0.2) is 17.3 Å². The Bertz CT molecular complexity index is 1960. The summed E-state index contributed by atoms with van der Waals surface area (Å²) in [7, 11) is 0. The van der Waals surface area contributed by atoms with Gasteiger partial charge in [0.2, 0.25) is 0 Å². The molecule has 0 saturated heterocycles. The van der Waals surface area contributed by atoms with Crippen molar-refractivity contribution in [3.8, 4) is 11.4 Å². The summed E-state index contributed by atoms with van der Waals surface area (Å²) in [5.41, 5.74) is 4.79. The Morgan fingerprint density at radius 1 is 1.04 bits per heavy atom. The zero-order valence-electron chi connectivity index (χ0n) is 25.7. The summed E-state index contributed by atoms with van der Waals surface area (Å²) < 4.78 is 95.3. The monoisotopic (exact) mass is 688 g/mol. The van der Waals surface area contributed by atoms with Gasteiger partial charge in [0.05, 0.1) is 41.7 Å². The predicted molar refractivity (Wildman–Crippen MR) is 160 cm³/mol. The minimum atomic E-state index is -4.91. The third-order valence-electron chi connectivity index (χ3n) is 8.48. The number of hydrogen-bond acceptors (Lipinski definition) is 7. The number of carbonyl (C=O) groups excluding carboxylic acids is 2. The molecular weight excluding hydrogens is 661 g/mol. The van der Waals surface area contributed by atoms with Gasteiger partial charge in [-0.2, -0.15) is 31.4 Å². The first-order valence-electron chi connectivity index (χ1n) is 14.9. The van der Waals surface area contributed by atoms with Crippen LogP contribution < -0.4 is 5.73 Å². The van der Waals surface area contributed by atoms with E-state index in [1.807, 2.05) is 0 Å². The molecule has 6 rings (SSSR count). The zero-order chi connectivity index (χ0) is 35.3. The quantitative estimate of drug-likeness (QED) is 0.226. The molecule has 256 valence electrons. The second-order valence-electron chi connectivity index (χ2n) is 11.8. The number of aryl methyl sites for hydroxylation is 1. The molecule has 2 aromatic carbocycles. The largest absolute Gasteiger partial charge is 0.417 e. The lowest BCUT2D eigenvalue weighted by Gasteiger charge is -2.27. The number of carbonyl (C=O) groups is 2. The fourth-order valence-corrected chi connectivity index (χ4v) is 6.02. The van der Waals surface area contributed by atoms with Crippen LogP contribution in [0.4, 0.5) is 30.7 Å². The number of alkyl halides is 6. The SMILES string of the molecule is Cc1[nH]ncc1-c1ncc2c(n1)CN(C(=O)c1cc(CN3C(=O)[C@@](CCCC(F)(F)F)(c4ccc(F)cc4)N=C3N)ccc1C(F)(F)F)C2. The summed E-state index contributed by atoms with van der Waals surface area (Å²) in [4.78, 5) is 42.7. The molecular formula is C32H27F7N8O2. The number of nitrogens with zero attached hydrogens (tertiary/aromatic N) is 6. The average molecular weight is 689 g/mol. The molecule has 1 atom stereocenters. The summed E-state index contributed by atoms with van der Waals surface area (Å²) >= 11 is 0. The highest BCUT2D eigenvalue weighted by Gasteiger charge is 2.49. The Kier molecular flexibility index (Phi) is 8.40. The van der Waals surface area contributed by atoms with Crippen LogP contribution in [-0.2, 0) is 36.1 Å². The third-order valence-corrected chi connectivity index (χ3v) is 8.48. The molecule has 2 aliphatic heterocycles. The molecule has 0 fully saturated rings. The van der Waals surface area contributed by atoms with Gasteiger partial charge in [0.1, 0.15) is 5.82 Å². The first-order valence-corrected chi connectivity index (χ1v) is 14.9. The summed E-state index contributed by atoms with van der Waals surface area (Å²) in [6.07, 6.45) is -8.56. The van der Waals surface area contributed by atoms with E-state index < -0.39 is 78.4 Å². The number of aromatic amines is 1. The molecule has 10 nitrogen and oxygen atoms in total. The summed E-state index contributed by atoms with van der Waals surface area (Å²) in [5.74, 6) is -2.51. The number of fused-ring (bicyclic) bond motifs is 1. The standard InChI is InChI=1S/C32H27F7N8O2/c1-17-23(13-42-45-17)26-41-12-19-15-46(16-25(19)43-26)27(48)22-11-18(3-8-24(22)32(37,38)39)14-47-28(49)30(44-29(47)40,9-2-10-31(34,35)36)20-4-6-21(33)7-5-20/h3-8,11-13H,2,9-10,14-16H2,1H3,(H2,40,44)(H,42,45)/t30-/m1/s1. The average Bonchev–Trinajstić information content (AvgIpc) is 3.72. The van der Waals surface area contributed by atoms with Gasteiger partial charge in [-0.05, 0) is 55.2 Å². The van der Waals surface area contributed by atoms with Crippen molar-refractivity contribution in [3.63, 3.8) is 0 Å². The fraction of sp³-hybridized carbons (Fsp3) is 0.312. The van der Waals surface area contributed by atoms with Crippen LogP contribution in [0.1, 0.15) is 63.3 Å². The van der Waals surface area contributed by atoms with Crippen LogP contribution in [-0.4, -0.2) is 53.9 Å². The topological polar surface area (TPSA) is 133 Å². The first kappa shape index (κ1) is 33.5. The van der Waals surface area contributed by atoms with Gasteiger partial charge >= 0.3 is 12.4 Å². The molecule has 4 aromatic rings. The van der Waals surface area contributed by atoms with Crippen LogP contribution in [0.15, 0.2) is 59.9 Å². The molecule has 0 bridgehead atoms. The van der Waals surface area contributed by atoms with E-state index in [-0.39, 0.29) is 24.2 Å². The van der Waals surface area contributed by atoms with Crippen molar-refractivity contribution in [3.05, 3.63) is 99.9 Å². The normalized spacial score (nSPS) is 17.9. The van der Waals surface area contributed by atoms with Crippen LogP contribution in [0.2, 0.25) is 0 Å². The maximum absolute atomic E-state index is 14.2. The molecule has 2 aliphatic rings. The van der Waals surface area contributed by atoms with E-state index >= 15 is 0 Å². The Balaban J connectivity index is 1.28. The molecule has 2 aromatic heterocycles. The van der Waals surface area contributed by atoms with Crippen LogP contribution in [0.25, 0.3) is 11.4 Å². The van der Waals surface area contributed by atoms with Crippen molar-refractivity contribution in [2.45, 2.75) is 63.7 Å². The number of H-pyrrole nitrogens is 1. The molecule has 17 heteroatoms. The number of hydrogen-bond donors (Lipinski definition) is 2. The summed E-state index contributed by atoms with van der Waals surface area (Å²) in [6, 6.07) is 7.28. The lowest BCUT2D eigenvalue weighted by molar-refractivity contribution is -0.139. The van der Waals surface area contributed by atoms with Crippen LogP contribution in [0.3, 0.4) is 0 Å². The highest BCUT2D eigenvalue weighted by atomic mass is 19.4. The molecule has 0 spiro atoms. The van der Waals surface area contributed by atoms with E-state index in [4.69, 9.17) is 5.73 Å². The molecule has 49 heavy (non-hydrogen) atoms. The van der Waals surface area contributed by atoms with Crippen molar-refractivity contribution in [1.82, 2.24) is 30.0 Å². The number of guanidine groups is 1. The van der Waals surface area contributed by atoms with Gasteiger partial charge in [-0.15, -0.1) is 0 Å². The fourth-order valence-electron chi connectivity index (χ4n) is 6.02. The Labute approximate surface area is 273 Å². The van der Waals surface area contributed by atoms with Crippen molar-refractivity contribution >= 4 is 17.8 Å². The van der Waals surface area contributed by atoms with Crippen molar-refractivity contribution in [2.24, 2.45) is 10.7 Å². The molecule has 4 heterocycles. The predicted octanol–water partition coefficient (Wildman–Crippen LogP) is 5.77. The van der Waals surface area contributed by atoms with Gasteiger partial charge in [0.25, 0.3) is 11.8 Å². The number of aromatic nitrogens is 4. The Morgan fingerprint density at radius 3 is 2.43 bits per heavy atom. The van der Waals surface area contributed by atoms with Crippen molar-refractivity contribution in [2.75, 3.05) is 0 Å². The number of amides is 2. The number of aliphatic imine (C=N–C) groups is 1. The maximum Gasteiger partial charge on any atom is 0.417 e. The van der Waals surface area contributed by atoms with Gasteiger partial charge < -0.3 is 10.6 Å². The molecule has 0 unspecified atom stereocenters. The molecule has 0 radical (unpaired) electrons. The lowest BCUT2D eigenvalue weighted by Crippen LogP contribution is -2.42. The van der Waals surface area contributed by atoms with E-state index in [1.54, 1.807) is 6.92 Å². The van der Waals surface area contributed by atoms with E-state index in [2.05, 4.69) is 25.2 Å². The third kappa shape index (κ3) is 6.56. The van der Waals surface area contributed by atoms with E-state index in [0.29, 0.717) is 28.3 Å². The van der Waals surface area contributed by atoms with Crippen molar-refractivity contribution in [1.29, 1.82) is 0 Å². The number of rotatable bonds is 8. The number of halogens is 7. The number of nitrogens with two attached hydrogens (primary N) is 1. The minimum absolute atomic E-state index is 0.0529. The van der Waals surface area contributed by atoms with Gasteiger partial charge in [-0.3, -0.25) is 19.6 Å². The van der Waals surface area contributed by atoms with Crippen LogP contribution >= 0.6 is 0 Å². The minimum Gasteiger partial charge on any atom is -0.369 e. The molecule has 3 N–H and O–H groups in total. The Hall–Kier alpha value is -5.35. The summed E-state index contributed by atoms with van der Waals surface area (Å²) in [5, 5.41) is 6.71. The second kappa shape index (κ2) is 12.3. The van der Waals surface area contributed by atoms with E-state index in [9.17, 15) is 40.3 Å².